The Morgan fingerprint density at radius 2 is 1.00 bits per heavy atom. The average molecular weight is 617 g/mol. The van der Waals surface area contributed by atoms with Gasteiger partial charge in [-0.15, -0.1) is 0 Å². The average Bonchev–Trinajstić information content (AvgIpc) is 2.94. The largest absolute Gasteiger partial charge is 0.463 e. The summed E-state index contributed by atoms with van der Waals surface area (Å²) in [5.74, 6) is 4.27. The number of carbonyl (C=O) groups excluding carboxylic acids is 2. The third kappa shape index (κ3) is 10.6. The first-order valence-corrected chi connectivity index (χ1v) is 16.1. The molecule has 0 amide bonds. The number of carbonyl (C=O) groups is 2. The molecule has 42 heavy (non-hydrogen) atoms. The lowest BCUT2D eigenvalue weighted by Gasteiger charge is -2.19. The quantitative estimate of drug-likeness (QED) is 0.180. The van der Waals surface area contributed by atoms with E-state index in [2.05, 4.69) is 11.8 Å². The summed E-state index contributed by atoms with van der Waals surface area (Å²) in [7, 11) is -8.00. The molecule has 12 heteroatoms. The van der Waals surface area contributed by atoms with E-state index in [4.69, 9.17) is 9.47 Å². The van der Waals surface area contributed by atoms with E-state index in [1.165, 1.54) is 36.4 Å². The summed E-state index contributed by atoms with van der Waals surface area (Å²) < 4.78 is 65.2. The molecule has 0 aromatic heterocycles. The van der Waals surface area contributed by atoms with Gasteiger partial charge in [0.1, 0.15) is 0 Å². The number of esters is 2. The Morgan fingerprint density at radius 3 is 1.31 bits per heavy atom. The van der Waals surface area contributed by atoms with Gasteiger partial charge in [0.2, 0.25) is 20.0 Å². The summed E-state index contributed by atoms with van der Waals surface area (Å²) in [6, 6.07) is 12.6. The number of ether oxygens (including phenoxy) is 2. The number of hydrogen-bond donors (Lipinski definition) is 0. The number of rotatable bonds is 14. The van der Waals surface area contributed by atoms with Crippen molar-refractivity contribution in [3.8, 4) is 11.8 Å². The minimum Gasteiger partial charge on any atom is -0.463 e. The number of sulfonamides is 2. The van der Waals surface area contributed by atoms with Crippen molar-refractivity contribution in [1.29, 1.82) is 0 Å². The van der Waals surface area contributed by atoms with Crippen LogP contribution in [0.4, 0.5) is 0 Å². The molecule has 2 aromatic rings. The van der Waals surface area contributed by atoms with Crippen LogP contribution in [-0.4, -0.2) is 76.8 Å². The van der Waals surface area contributed by atoms with Gasteiger partial charge in [0.15, 0.2) is 0 Å². The molecule has 0 spiro atoms. The van der Waals surface area contributed by atoms with Gasteiger partial charge in [-0.3, -0.25) is 0 Å². The van der Waals surface area contributed by atoms with E-state index >= 15 is 0 Å². The van der Waals surface area contributed by atoms with Gasteiger partial charge in [-0.2, -0.15) is 8.61 Å². The standard InChI is InChI=1S/C30H36N2O8S2/c1-5-39-29(33)11-9-23-31(41(35,36)27-17-13-25(3)14-18-27)21-7-8-22-32(24-10-12-30(34)40-6-2)42(37,38)28-19-15-26(4)16-20-28/h9-20H,5-6,21-24H2,1-4H3/b11-9+,12-10+. The highest BCUT2D eigenvalue weighted by Crippen LogP contribution is 2.18. The van der Waals surface area contributed by atoms with Crippen LogP contribution in [-0.2, 0) is 39.1 Å². The highest BCUT2D eigenvalue weighted by molar-refractivity contribution is 7.89. The zero-order chi connectivity index (χ0) is 31.2. The van der Waals surface area contributed by atoms with Crippen molar-refractivity contribution in [2.75, 3.05) is 39.4 Å². The van der Waals surface area contributed by atoms with Gasteiger partial charge >= 0.3 is 11.9 Å². The van der Waals surface area contributed by atoms with Gasteiger partial charge in [-0.05, 0) is 52.0 Å². The first-order valence-electron chi connectivity index (χ1n) is 13.2. The highest BCUT2D eigenvalue weighted by atomic mass is 32.2. The Kier molecular flexibility index (Phi) is 13.6. The SMILES string of the molecule is CCOC(=O)/C=C/CN(CC#CCN(C/C=C/C(=O)OCC)S(=O)(=O)c1ccc(C)cc1)S(=O)(=O)c1ccc(C)cc1. The molecule has 0 aliphatic carbocycles. The molecule has 0 saturated carbocycles. The van der Waals surface area contributed by atoms with E-state index in [0.717, 1.165) is 31.9 Å². The fraction of sp³-hybridized carbons (Fsp3) is 0.333. The molecular weight excluding hydrogens is 580 g/mol. The van der Waals surface area contributed by atoms with Gasteiger partial charge in [0, 0.05) is 25.2 Å². The molecule has 0 aliphatic rings. The van der Waals surface area contributed by atoms with Crippen molar-refractivity contribution < 1.29 is 35.9 Å². The lowest BCUT2D eigenvalue weighted by Crippen LogP contribution is -2.33. The smallest absolute Gasteiger partial charge is 0.330 e. The molecule has 0 saturated heterocycles. The summed E-state index contributed by atoms with van der Waals surface area (Å²) >= 11 is 0. The molecule has 0 fully saturated rings. The first kappa shape index (κ1) is 34.4. The molecule has 226 valence electrons. The molecule has 0 heterocycles. The first-order chi connectivity index (χ1) is 19.9. The second-order valence-corrected chi connectivity index (χ2v) is 12.8. The normalized spacial score (nSPS) is 12.0. The maximum absolute atomic E-state index is 13.4. The summed E-state index contributed by atoms with van der Waals surface area (Å²) in [6.45, 7) is 6.44. The molecule has 10 nitrogen and oxygen atoms in total. The molecular formula is C30H36N2O8S2. The topological polar surface area (TPSA) is 127 Å². The lowest BCUT2D eigenvalue weighted by atomic mass is 10.2. The van der Waals surface area contributed by atoms with Crippen molar-refractivity contribution in [3.63, 3.8) is 0 Å². The molecule has 0 radical (unpaired) electrons. The Balaban J connectivity index is 2.33. The third-order valence-electron chi connectivity index (χ3n) is 5.65. The van der Waals surface area contributed by atoms with Crippen LogP contribution in [0.15, 0.2) is 82.6 Å². The van der Waals surface area contributed by atoms with Crippen LogP contribution >= 0.6 is 0 Å². The summed E-state index contributed by atoms with van der Waals surface area (Å²) in [6.07, 6.45) is 5.00. The van der Waals surface area contributed by atoms with Crippen LogP contribution in [0.3, 0.4) is 0 Å². The summed E-state index contributed by atoms with van der Waals surface area (Å²) in [5.41, 5.74) is 1.77. The van der Waals surface area contributed by atoms with Crippen molar-refractivity contribution in [1.82, 2.24) is 8.61 Å². The second-order valence-electron chi connectivity index (χ2n) is 8.88. The molecule has 0 aliphatic heterocycles. The Labute approximate surface area is 248 Å². The van der Waals surface area contributed by atoms with E-state index in [9.17, 15) is 26.4 Å². The number of benzene rings is 2. The lowest BCUT2D eigenvalue weighted by molar-refractivity contribution is -0.138. The number of hydrogen-bond acceptors (Lipinski definition) is 8. The second kappa shape index (κ2) is 16.6. The van der Waals surface area contributed by atoms with Crippen LogP contribution in [0.25, 0.3) is 0 Å². The van der Waals surface area contributed by atoms with Gasteiger partial charge in [-0.1, -0.05) is 59.4 Å². The van der Waals surface area contributed by atoms with Crippen molar-refractivity contribution in [3.05, 3.63) is 84.0 Å². The van der Waals surface area contributed by atoms with Gasteiger partial charge in [0.05, 0.1) is 36.1 Å². The number of aryl methyl sites for hydroxylation is 2. The monoisotopic (exact) mass is 616 g/mol. The van der Waals surface area contributed by atoms with Crippen LogP contribution in [0.2, 0.25) is 0 Å². The fourth-order valence-electron chi connectivity index (χ4n) is 3.42. The predicted octanol–water partition coefficient (Wildman–Crippen LogP) is 3.23. The summed E-state index contributed by atoms with van der Waals surface area (Å²) in [4.78, 5) is 23.5. The van der Waals surface area contributed by atoms with Gasteiger partial charge in [-0.25, -0.2) is 26.4 Å². The zero-order valence-electron chi connectivity index (χ0n) is 24.1. The van der Waals surface area contributed by atoms with Crippen molar-refractivity contribution in [2.24, 2.45) is 0 Å². The maximum atomic E-state index is 13.4. The van der Waals surface area contributed by atoms with Crippen molar-refractivity contribution in [2.45, 2.75) is 37.5 Å². The van der Waals surface area contributed by atoms with E-state index in [1.807, 2.05) is 13.8 Å². The highest BCUT2D eigenvalue weighted by Gasteiger charge is 2.24. The molecule has 0 N–H and O–H groups in total. The Hall–Kier alpha value is -3.76. The maximum Gasteiger partial charge on any atom is 0.330 e. The predicted molar refractivity (Wildman–Crippen MR) is 159 cm³/mol. The van der Waals surface area contributed by atoms with Crippen LogP contribution in [0.1, 0.15) is 25.0 Å². The Bertz CT molecular complexity index is 1420. The fourth-order valence-corrected chi connectivity index (χ4v) is 6.01. The van der Waals surface area contributed by atoms with Crippen molar-refractivity contribution >= 4 is 32.0 Å². The van der Waals surface area contributed by atoms with Crippen LogP contribution in [0, 0.1) is 25.7 Å². The minimum absolute atomic E-state index is 0.0483. The minimum atomic E-state index is -4.00. The summed E-state index contributed by atoms with van der Waals surface area (Å²) in [5, 5.41) is 0. The van der Waals surface area contributed by atoms with Gasteiger partial charge in [0.25, 0.3) is 0 Å². The third-order valence-corrected chi connectivity index (χ3v) is 9.30. The molecule has 0 atom stereocenters. The van der Waals surface area contributed by atoms with E-state index in [0.29, 0.717) is 0 Å². The van der Waals surface area contributed by atoms with E-state index in [-0.39, 0.29) is 49.2 Å². The van der Waals surface area contributed by atoms with Crippen LogP contribution in [0.5, 0.6) is 0 Å². The Morgan fingerprint density at radius 1 is 0.667 bits per heavy atom. The van der Waals surface area contributed by atoms with Crippen LogP contribution < -0.4 is 0 Å². The molecule has 2 rings (SSSR count). The molecule has 0 unspecified atom stereocenters. The van der Waals surface area contributed by atoms with E-state index in [1.54, 1.807) is 38.1 Å². The molecule has 2 aromatic carbocycles. The van der Waals surface area contributed by atoms with E-state index < -0.39 is 32.0 Å². The molecule has 0 bridgehead atoms. The van der Waals surface area contributed by atoms with Gasteiger partial charge < -0.3 is 9.47 Å². The zero-order valence-corrected chi connectivity index (χ0v) is 25.8. The number of nitrogens with zero attached hydrogens (tertiary/aromatic N) is 2.